The monoisotopic (exact) mass is 343 g/mol. The van der Waals surface area contributed by atoms with Crippen molar-refractivity contribution in [2.45, 2.75) is 4.90 Å². The minimum absolute atomic E-state index is 0.135. The van der Waals surface area contributed by atoms with Gasteiger partial charge in [0.05, 0.1) is 18.4 Å². The van der Waals surface area contributed by atoms with Crippen LogP contribution >= 0.6 is 11.6 Å². The molecule has 2 aromatic carbocycles. The summed E-state index contributed by atoms with van der Waals surface area (Å²) in [5.74, 6) is -1.64. The average molecular weight is 344 g/mol. The third-order valence-electron chi connectivity index (χ3n) is 2.76. The first-order chi connectivity index (χ1) is 10.3. The van der Waals surface area contributed by atoms with Crippen molar-refractivity contribution >= 4 is 33.3 Å². The molecule has 0 atom stereocenters. The molecule has 2 rings (SSSR count). The molecule has 0 unspecified atom stereocenters. The van der Waals surface area contributed by atoms with Crippen molar-refractivity contribution in [3.05, 3.63) is 58.9 Å². The van der Waals surface area contributed by atoms with E-state index in [1.54, 1.807) is 0 Å². The molecule has 0 bridgehead atoms. The van der Waals surface area contributed by atoms with Gasteiger partial charge < -0.3 is 4.74 Å². The quantitative estimate of drug-likeness (QED) is 0.866. The Morgan fingerprint density at radius 1 is 1.23 bits per heavy atom. The lowest BCUT2D eigenvalue weighted by molar-refractivity contribution is 0.0596. The van der Waals surface area contributed by atoms with E-state index in [1.807, 2.05) is 0 Å². The summed E-state index contributed by atoms with van der Waals surface area (Å²) in [6.07, 6.45) is 0. The van der Waals surface area contributed by atoms with Gasteiger partial charge in [-0.25, -0.2) is 17.6 Å². The van der Waals surface area contributed by atoms with Crippen LogP contribution in [0.25, 0.3) is 0 Å². The fourth-order valence-electron chi connectivity index (χ4n) is 1.75. The molecule has 1 N–H and O–H groups in total. The maximum Gasteiger partial charge on any atom is 0.339 e. The van der Waals surface area contributed by atoms with Crippen LogP contribution in [-0.4, -0.2) is 21.5 Å². The van der Waals surface area contributed by atoms with Crippen LogP contribution < -0.4 is 4.72 Å². The highest BCUT2D eigenvalue weighted by atomic mass is 35.5. The van der Waals surface area contributed by atoms with Gasteiger partial charge in [0, 0.05) is 5.02 Å². The Balaban J connectivity index is 2.45. The molecule has 0 radical (unpaired) electrons. The highest BCUT2D eigenvalue weighted by Gasteiger charge is 2.23. The number of benzene rings is 2. The number of anilines is 1. The summed E-state index contributed by atoms with van der Waals surface area (Å²) in [7, 11) is -3.03. The van der Waals surface area contributed by atoms with Gasteiger partial charge in [-0.3, -0.25) is 4.72 Å². The Kier molecular flexibility index (Phi) is 4.68. The van der Waals surface area contributed by atoms with Crippen molar-refractivity contribution < 1.29 is 22.3 Å². The molecule has 8 heteroatoms. The Bertz CT molecular complexity index is 823. The minimum atomic E-state index is -4.17. The predicted molar refractivity (Wildman–Crippen MR) is 80.0 cm³/mol. The van der Waals surface area contributed by atoms with Gasteiger partial charge in [-0.2, -0.15) is 0 Å². The number of nitrogens with one attached hydrogen (secondary N) is 1. The predicted octanol–water partition coefficient (Wildman–Crippen LogP) is 3.07. The number of rotatable bonds is 4. The van der Waals surface area contributed by atoms with E-state index in [2.05, 4.69) is 9.46 Å². The van der Waals surface area contributed by atoms with Gasteiger partial charge in [-0.15, -0.1) is 0 Å². The Morgan fingerprint density at radius 2 is 1.91 bits per heavy atom. The molecule has 2 aromatic rings. The number of carbonyl (C=O) groups excluding carboxylic acids is 1. The summed E-state index contributed by atoms with van der Waals surface area (Å²) in [5.41, 5.74) is -0.420. The Hall–Kier alpha value is -2.12. The highest BCUT2D eigenvalue weighted by Crippen LogP contribution is 2.24. The van der Waals surface area contributed by atoms with Crippen LogP contribution in [0.15, 0.2) is 47.4 Å². The van der Waals surface area contributed by atoms with E-state index in [-0.39, 0.29) is 21.2 Å². The molecule has 0 fully saturated rings. The minimum Gasteiger partial charge on any atom is -0.465 e. The largest absolute Gasteiger partial charge is 0.465 e. The van der Waals surface area contributed by atoms with Crippen LogP contribution in [0.3, 0.4) is 0 Å². The number of halogens is 2. The molecule has 116 valence electrons. The molecule has 0 saturated heterocycles. The van der Waals surface area contributed by atoms with Crippen molar-refractivity contribution in [3.63, 3.8) is 0 Å². The molecule has 0 aromatic heterocycles. The smallest absolute Gasteiger partial charge is 0.339 e. The molecule has 5 nitrogen and oxygen atoms in total. The Morgan fingerprint density at radius 3 is 2.55 bits per heavy atom. The lowest BCUT2D eigenvalue weighted by atomic mass is 10.2. The number of sulfonamides is 1. The van der Waals surface area contributed by atoms with Crippen molar-refractivity contribution in [2.24, 2.45) is 0 Å². The first-order valence-corrected chi connectivity index (χ1v) is 7.86. The average Bonchev–Trinajstić information content (AvgIpc) is 2.49. The molecule has 0 aliphatic carbocycles. The first-order valence-electron chi connectivity index (χ1n) is 6.00. The van der Waals surface area contributed by atoms with Gasteiger partial charge in [0.25, 0.3) is 10.0 Å². The number of hydrogen-bond donors (Lipinski definition) is 1. The number of esters is 1. The van der Waals surface area contributed by atoms with Crippen LogP contribution in [0.4, 0.5) is 10.1 Å². The van der Waals surface area contributed by atoms with Crippen molar-refractivity contribution in [2.75, 3.05) is 11.8 Å². The number of carbonyl (C=O) groups is 1. The molecule has 0 spiro atoms. The standard InChI is InChI=1S/C14H11ClFNO4S/c1-21-14(18)10-4-2-3-5-13(10)22(19,20)17-12-7-6-9(15)8-11(12)16/h2-8,17H,1H3. The second-order valence-electron chi connectivity index (χ2n) is 4.22. The topological polar surface area (TPSA) is 72.5 Å². The molecular weight excluding hydrogens is 333 g/mol. The van der Waals surface area contributed by atoms with Crippen LogP contribution in [0.1, 0.15) is 10.4 Å². The second kappa shape index (κ2) is 6.33. The van der Waals surface area contributed by atoms with Crippen LogP contribution in [-0.2, 0) is 14.8 Å². The van der Waals surface area contributed by atoms with Gasteiger partial charge in [0.1, 0.15) is 10.7 Å². The maximum atomic E-state index is 13.7. The zero-order valence-corrected chi connectivity index (χ0v) is 12.9. The van der Waals surface area contributed by atoms with Crippen LogP contribution in [0, 0.1) is 5.82 Å². The number of ether oxygens (including phenoxy) is 1. The molecule has 0 saturated carbocycles. The van der Waals surface area contributed by atoms with E-state index in [1.165, 1.54) is 36.4 Å². The molecular formula is C14H11ClFNO4S. The van der Waals surface area contributed by atoms with Gasteiger partial charge in [0.15, 0.2) is 0 Å². The summed E-state index contributed by atoms with van der Waals surface area (Å²) >= 11 is 5.61. The third-order valence-corrected chi connectivity index (χ3v) is 4.42. The molecule has 0 aliphatic heterocycles. The molecule has 0 heterocycles. The highest BCUT2D eigenvalue weighted by molar-refractivity contribution is 7.92. The van der Waals surface area contributed by atoms with E-state index in [0.29, 0.717) is 0 Å². The zero-order valence-electron chi connectivity index (χ0n) is 11.3. The molecule has 0 aliphatic rings. The maximum absolute atomic E-state index is 13.7. The van der Waals surface area contributed by atoms with Crippen molar-refractivity contribution in [3.8, 4) is 0 Å². The van der Waals surface area contributed by atoms with Crippen LogP contribution in [0.5, 0.6) is 0 Å². The van der Waals surface area contributed by atoms with E-state index in [0.717, 1.165) is 13.2 Å². The fraction of sp³-hybridized carbons (Fsp3) is 0.0714. The van der Waals surface area contributed by atoms with E-state index >= 15 is 0 Å². The van der Waals surface area contributed by atoms with Crippen LogP contribution in [0.2, 0.25) is 5.02 Å². The van der Waals surface area contributed by atoms with Gasteiger partial charge >= 0.3 is 5.97 Å². The molecule has 22 heavy (non-hydrogen) atoms. The SMILES string of the molecule is COC(=O)c1ccccc1S(=O)(=O)Nc1ccc(Cl)cc1F. The number of hydrogen-bond acceptors (Lipinski definition) is 4. The van der Waals surface area contributed by atoms with Crippen molar-refractivity contribution in [1.29, 1.82) is 0 Å². The third kappa shape index (κ3) is 3.37. The summed E-state index contributed by atoms with van der Waals surface area (Å²) in [6.45, 7) is 0. The van der Waals surface area contributed by atoms with E-state index < -0.39 is 21.8 Å². The number of methoxy groups -OCH3 is 1. The lowest BCUT2D eigenvalue weighted by Gasteiger charge is -2.11. The normalized spacial score (nSPS) is 11.0. The summed E-state index contributed by atoms with van der Waals surface area (Å²) < 4.78 is 45.1. The van der Waals surface area contributed by atoms with Gasteiger partial charge in [-0.05, 0) is 30.3 Å². The Labute approximate surface area is 131 Å². The van der Waals surface area contributed by atoms with E-state index in [9.17, 15) is 17.6 Å². The van der Waals surface area contributed by atoms with Crippen molar-refractivity contribution in [1.82, 2.24) is 0 Å². The summed E-state index contributed by atoms with van der Waals surface area (Å²) in [4.78, 5) is 11.3. The first kappa shape index (κ1) is 16.3. The lowest BCUT2D eigenvalue weighted by Crippen LogP contribution is -2.18. The van der Waals surface area contributed by atoms with Gasteiger partial charge in [-0.1, -0.05) is 23.7 Å². The second-order valence-corrected chi connectivity index (χ2v) is 6.30. The fourth-order valence-corrected chi connectivity index (χ4v) is 3.17. The van der Waals surface area contributed by atoms with E-state index in [4.69, 9.17) is 11.6 Å². The summed E-state index contributed by atoms with van der Waals surface area (Å²) in [6, 6.07) is 8.98. The zero-order chi connectivity index (χ0) is 16.3. The van der Waals surface area contributed by atoms with Gasteiger partial charge in [0.2, 0.25) is 0 Å². The molecule has 0 amide bonds. The summed E-state index contributed by atoms with van der Waals surface area (Å²) in [5, 5.41) is 0.135.